The summed E-state index contributed by atoms with van der Waals surface area (Å²) in [7, 11) is -0.595. The van der Waals surface area contributed by atoms with Crippen molar-refractivity contribution in [3.05, 3.63) is 54.6 Å². The van der Waals surface area contributed by atoms with Crippen molar-refractivity contribution in [1.29, 1.82) is 0 Å². The van der Waals surface area contributed by atoms with Gasteiger partial charge in [-0.1, -0.05) is 23.4 Å². The van der Waals surface area contributed by atoms with Crippen LogP contribution in [0.2, 0.25) is 0 Å². The molecule has 0 aliphatic rings. The van der Waals surface area contributed by atoms with E-state index in [0.29, 0.717) is 11.3 Å². The Bertz CT molecular complexity index is 1270. The summed E-state index contributed by atoms with van der Waals surface area (Å²) in [6, 6.07) is 15.5. The van der Waals surface area contributed by atoms with E-state index in [1.165, 1.54) is 19.2 Å². The first kappa shape index (κ1) is 18.1. The van der Waals surface area contributed by atoms with Crippen LogP contribution >= 0.6 is 0 Å². The Morgan fingerprint density at radius 2 is 1.89 bits per heavy atom. The van der Waals surface area contributed by atoms with E-state index in [-0.39, 0.29) is 16.6 Å². The molecule has 0 saturated heterocycles. The third-order valence-electron chi connectivity index (χ3n) is 4.21. The molecule has 0 radical (unpaired) electrons. The molecule has 9 heteroatoms. The number of nitrogens with one attached hydrogen (secondary N) is 1. The maximum absolute atomic E-state index is 12.0. The Morgan fingerprint density at radius 1 is 1.04 bits per heavy atom. The molecule has 2 aromatic carbocycles. The molecule has 0 amide bonds. The van der Waals surface area contributed by atoms with Gasteiger partial charge in [0, 0.05) is 10.9 Å². The van der Waals surface area contributed by atoms with E-state index in [9.17, 15) is 8.42 Å². The molecular formula is C19H16N4O4S. The topological polar surface area (TPSA) is 107 Å². The molecular weight excluding hydrogens is 380 g/mol. The van der Waals surface area contributed by atoms with Crippen LogP contribution in [0.25, 0.3) is 33.9 Å². The number of sulfonamides is 1. The maximum atomic E-state index is 12.0. The molecule has 0 aliphatic heterocycles. The molecule has 142 valence electrons. The Morgan fingerprint density at radius 3 is 2.68 bits per heavy atom. The van der Waals surface area contributed by atoms with Crippen LogP contribution in [-0.4, -0.2) is 37.7 Å². The number of hydrogen-bond acceptors (Lipinski definition) is 7. The van der Waals surface area contributed by atoms with Gasteiger partial charge >= 0.3 is 0 Å². The quantitative estimate of drug-likeness (QED) is 0.553. The molecule has 28 heavy (non-hydrogen) atoms. The Kier molecular flexibility index (Phi) is 4.54. The summed E-state index contributed by atoms with van der Waals surface area (Å²) in [6.07, 6.45) is 0. The molecule has 0 aliphatic carbocycles. The van der Waals surface area contributed by atoms with Crippen LogP contribution in [0.5, 0.6) is 5.75 Å². The predicted molar refractivity (Wildman–Crippen MR) is 103 cm³/mol. The van der Waals surface area contributed by atoms with Gasteiger partial charge in [0.15, 0.2) is 0 Å². The first-order chi connectivity index (χ1) is 13.5. The van der Waals surface area contributed by atoms with E-state index >= 15 is 0 Å². The minimum Gasteiger partial charge on any atom is -0.497 e. The highest BCUT2D eigenvalue weighted by molar-refractivity contribution is 7.89. The van der Waals surface area contributed by atoms with Crippen molar-refractivity contribution in [3.63, 3.8) is 0 Å². The van der Waals surface area contributed by atoms with Crippen molar-refractivity contribution in [2.24, 2.45) is 0 Å². The number of hydrogen-bond donors (Lipinski definition) is 1. The molecule has 0 saturated carbocycles. The fourth-order valence-corrected chi connectivity index (χ4v) is 3.49. The average molecular weight is 396 g/mol. The van der Waals surface area contributed by atoms with Gasteiger partial charge in [0.05, 0.1) is 17.5 Å². The third-order valence-corrected chi connectivity index (χ3v) is 5.62. The van der Waals surface area contributed by atoms with Gasteiger partial charge in [-0.25, -0.2) is 18.1 Å². The Labute approximate surface area is 161 Å². The highest BCUT2D eigenvalue weighted by Gasteiger charge is 2.16. The van der Waals surface area contributed by atoms with Crippen molar-refractivity contribution < 1.29 is 17.7 Å². The second-order valence-corrected chi connectivity index (χ2v) is 7.80. The van der Waals surface area contributed by atoms with E-state index in [4.69, 9.17) is 9.26 Å². The highest BCUT2D eigenvalue weighted by Crippen LogP contribution is 2.26. The highest BCUT2D eigenvalue weighted by atomic mass is 32.2. The molecule has 0 atom stereocenters. The molecule has 4 rings (SSSR count). The maximum Gasteiger partial charge on any atom is 0.276 e. The predicted octanol–water partition coefficient (Wildman–Crippen LogP) is 2.87. The van der Waals surface area contributed by atoms with Crippen molar-refractivity contribution in [3.8, 4) is 28.7 Å². The van der Waals surface area contributed by atoms with Crippen LogP contribution in [0.1, 0.15) is 0 Å². The molecule has 0 unspecified atom stereocenters. The molecule has 1 N–H and O–H groups in total. The summed E-state index contributed by atoms with van der Waals surface area (Å²) < 4.78 is 36.8. The van der Waals surface area contributed by atoms with Crippen molar-refractivity contribution in [2.75, 3.05) is 14.2 Å². The Hall–Kier alpha value is -3.30. The number of rotatable bonds is 5. The van der Waals surface area contributed by atoms with Gasteiger partial charge in [-0.2, -0.15) is 4.98 Å². The summed E-state index contributed by atoms with van der Waals surface area (Å²) in [6.45, 7) is 0. The largest absolute Gasteiger partial charge is 0.497 e. The second kappa shape index (κ2) is 7.02. The number of nitrogens with zero attached hydrogens (tertiary/aromatic N) is 3. The van der Waals surface area contributed by atoms with Crippen LogP contribution in [0, 0.1) is 0 Å². The minimum absolute atomic E-state index is 0.122. The molecule has 0 bridgehead atoms. The van der Waals surface area contributed by atoms with Gasteiger partial charge in [-0.3, -0.25) is 0 Å². The number of benzene rings is 2. The van der Waals surface area contributed by atoms with Crippen LogP contribution in [0.15, 0.2) is 64.0 Å². The smallest absolute Gasteiger partial charge is 0.276 e. The monoisotopic (exact) mass is 396 g/mol. The fourth-order valence-electron chi connectivity index (χ4n) is 2.71. The third kappa shape index (κ3) is 3.32. The van der Waals surface area contributed by atoms with E-state index in [1.807, 2.05) is 24.3 Å². The normalized spacial score (nSPS) is 11.6. The lowest BCUT2D eigenvalue weighted by Gasteiger charge is -2.03. The van der Waals surface area contributed by atoms with E-state index in [1.54, 1.807) is 25.3 Å². The van der Waals surface area contributed by atoms with Crippen molar-refractivity contribution in [2.45, 2.75) is 4.90 Å². The van der Waals surface area contributed by atoms with Gasteiger partial charge in [0.2, 0.25) is 15.8 Å². The van der Waals surface area contributed by atoms with Gasteiger partial charge in [-0.15, -0.1) is 0 Å². The standard InChI is InChI=1S/C19H16N4O4S/c1-20-28(24,25)15-5-3-4-13(11-15)18-22-19(27-23-18)17-8-6-12-10-14(26-2)7-9-16(12)21-17/h3-11,20H,1-2H3. The molecule has 2 heterocycles. The summed E-state index contributed by atoms with van der Waals surface area (Å²) in [4.78, 5) is 9.02. The SMILES string of the molecule is CNS(=O)(=O)c1cccc(-c2noc(-c3ccc4cc(OC)ccc4n3)n2)c1. The first-order valence-corrected chi connectivity index (χ1v) is 9.81. The molecule has 0 fully saturated rings. The first-order valence-electron chi connectivity index (χ1n) is 8.33. The van der Waals surface area contributed by atoms with Gasteiger partial charge in [0.25, 0.3) is 5.89 Å². The van der Waals surface area contributed by atoms with Gasteiger partial charge in [-0.05, 0) is 43.4 Å². The lowest BCUT2D eigenvalue weighted by atomic mass is 10.2. The molecule has 2 aromatic heterocycles. The number of pyridine rings is 1. The van der Waals surface area contributed by atoms with Crippen LogP contribution in [0.3, 0.4) is 0 Å². The lowest BCUT2D eigenvalue weighted by Crippen LogP contribution is -2.18. The van der Waals surface area contributed by atoms with Crippen LogP contribution in [-0.2, 0) is 10.0 Å². The number of aromatic nitrogens is 3. The zero-order valence-corrected chi connectivity index (χ0v) is 15.9. The van der Waals surface area contributed by atoms with Gasteiger partial charge < -0.3 is 9.26 Å². The van der Waals surface area contributed by atoms with E-state index in [0.717, 1.165) is 16.7 Å². The van der Waals surface area contributed by atoms with Crippen molar-refractivity contribution in [1.82, 2.24) is 19.8 Å². The van der Waals surface area contributed by atoms with Crippen LogP contribution < -0.4 is 9.46 Å². The zero-order chi connectivity index (χ0) is 19.7. The molecule has 8 nitrogen and oxygen atoms in total. The lowest BCUT2D eigenvalue weighted by molar-refractivity contribution is 0.415. The summed E-state index contributed by atoms with van der Waals surface area (Å²) in [5, 5.41) is 4.88. The number of fused-ring (bicyclic) bond motifs is 1. The van der Waals surface area contributed by atoms with Crippen LogP contribution in [0.4, 0.5) is 0 Å². The van der Waals surface area contributed by atoms with Crippen molar-refractivity contribution >= 4 is 20.9 Å². The van der Waals surface area contributed by atoms with E-state index in [2.05, 4.69) is 19.8 Å². The number of methoxy groups -OCH3 is 1. The zero-order valence-electron chi connectivity index (χ0n) is 15.1. The Balaban J connectivity index is 1.70. The molecule has 0 spiro atoms. The number of ether oxygens (including phenoxy) is 1. The summed E-state index contributed by atoms with van der Waals surface area (Å²) in [5.74, 6) is 1.27. The second-order valence-electron chi connectivity index (χ2n) is 5.91. The minimum atomic E-state index is -3.56. The van der Waals surface area contributed by atoms with Gasteiger partial charge in [0.1, 0.15) is 11.4 Å². The molecule has 4 aromatic rings. The van der Waals surface area contributed by atoms with E-state index < -0.39 is 10.0 Å². The average Bonchev–Trinajstić information content (AvgIpc) is 3.23. The summed E-state index contributed by atoms with van der Waals surface area (Å²) in [5.41, 5.74) is 1.81. The summed E-state index contributed by atoms with van der Waals surface area (Å²) >= 11 is 0. The fraction of sp³-hybridized carbons (Fsp3) is 0.105.